The van der Waals surface area contributed by atoms with E-state index in [9.17, 15) is 19.5 Å². The summed E-state index contributed by atoms with van der Waals surface area (Å²) in [6.45, 7) is 12.6. The Balaban J connectivity index is 1.80. The largest absolute Gasteiger partial charge is 0.481 e. The number of rotatable bonds is 10. The molecule has 36 heavy (non-hydrogen) atoms. The van der Waals surface area contributed by atoms with E-state index in [4.69, 9.17) is 13.9 Å². The third-order valence-electron chi connectivity index (χ3n) is 7.22. The molecule has 1 aromatic heterocycles. The fourth-order valence-corrected chi connectivity index (χ4v) is 5.00. The van der Waals surface area contributed by atoms with Crippen molar-refractivity contribution in [3.8, 4) is 0 Å². The number of carboxylic acids is 1. The standard InChI is InChI=1S/C26H38N2O7Si/c1-18-14-27(25(32)28(24(18)31)17-33-15-19-10-8-7-9-11-19)22-12-20(13-23(29)30)21(35-22)16-34-36(5,6)26(2,3)4/h7-11,14,20-22H,12-13,15-17H2,1-6H3,(H,29,30)/t20-,21-,22-/m1/s1. The molecule has 2 aromatic rings. The summed E-state index contributed by atoms with van der Waals surface area (Å²) in [7, 11) is -2.08. The number of nitrogens with zero attached hydrogens (tertiary/aromatic N) is 2. The molecule has 0 amide bonds. The Labute approximate surface area is 212 Å². The van der Waals surface area contributed by atoms with Gasteiger partial charge in [-0.25, -0.2) is 9.36 Å². The predicted molar refractivity (Wildman–Crippen MR) is 138 cm³/mol. The first-order valence-corrected chi connectivity index (χ1v) is 15.2. The van der Waals surface area contributed by atoms with E-state index in [2.05, 4.69) is 33.9 Å². The zero-order chi connectivity index (χ0) is 26.7. The lowest BCUT2D eigenvalue weighted by Gasteiger charge is -2.37. The summed E-state index contributed by atoms with van der Waals surface area (Å²) in [5, 5.41) is 9.45. The van der Waals surface area contributed by atoms with Gasteiger partial charge in [0, 0.05) is 17.7 Å². The number of aryl methyl sites for hydroxylation is 1. The lowest BCUT2D eigenvalue weighted by Crippen LogP contribution is -2.44. The van der Waals surface area contributed by atoms with Crippen molar-refractivity contribution in [3.05, 3.63) is 68.5 Å². The van der Waals surface area contributed by atoms with E-state index in [0.29, 0.717) is 12.0 Å². The van der Waals surface area contributed by atoms with E-state index in [1.54, 1.807) is 6.92 Å². The third-order valence-corrected chi connectivity index (χ3v) is 11.7. The summed E-state index contributed by atoms with van der Waals surface area (Å²) in [5.41, 5.74) is 0.321. The molecule has 1 N–H and O–H groups in total. The van der Waals surface area contributed by atoms with Crippen LogP contribution in [0.4, 0.5) is 0 Å². The van der Waals surface area contributed by atoms with Crippen LogP contribution in [0.25, 0.3) is 0 Å². The molecule has 3 atom stereocenters. The van der Waals surface area contributed by atoms with Crippen molar-refractivity contribution in [2.75, 3.05) is 6.61 Å². The topological polar surface area (TPSA) is 109 Å². The van der Waals surface area contributed by atoms with Gasteiger partial charge in [-0.15, -0.1) is 0 Å². The van der Waals surface area contributed by atoms with Gasteiger partial charge in [-0.3, -0.25) is 14.2 Å². The lowest BCUT2D eigenvalue weighted by molar-refractivity contribution is -0.138. The number of carbonyl (C=O) groups is 1. The first-order valence-electron chi connectivity index (χ1n) is 12.3. The zero-order valence-corrected chi connectivity index (χ0v) is 23.0. The van der Waals surface area contributed by atoms with Crippen molar-refractivity contribution in [2.45, 2.75) is 84.3 Å². The first kappa shape index (κ1) is 28.0. The second kappa shape index (κ2) is 11.2. The first-order chi connectivity index (χ1) is 16.8. The third kappa shape index (κ3) is 6.61. The number of hydrogen-bond donors (Lipinski definition) is 1. The van der Waals surface area contributed by atoms with Crippen molar-refractivity contribution >= 4 is 14.3 Å². The van der Waals surface area contributed by atoms with Crippen LogP contribution in [0, 0.1) is 12.8 Å². The average Bonchev–Trinajstić information content (AvgIpc) is 3.18. The molecule has 3 rings (SSSR count). The molecular weight excluding hydrogens is 480 g/mol. The molecule has 9 nitrogen and oxygen atoms in total. The van der Waals surface area contributed by atoms with Crippen LogP contribution in [0.2, 0.25) is 18.1 Å². The zero-order valence-electron chi connectivity index (χ0n) is 22.0. The highest BCUT2D eigenvalue weighted by molar-refractivity contribution is 6.74. The quantitative estimate of drug-likeness (QED) is 0.475. The van der Waals surface area contributed by atoms with E-state index in [1.165, 1.54) is 10.8 Å². The highest BCUT2D eigenvalue weighted by atomic mass is 28.4. The van der Waals surface area contributed by atoms with Gasteiger partial charge in [0.2, 0.25) is 0 Å². The number of aliphatic carboxylic acids is 1. The van der Waals surface area contributed by atoms with Crippen LogP contribution >= 0.6 is 0 Å². The monoisotopic (exact) mass is 518 g/mol. The van der Waals surface area contributed by atoms with Gasteiger partial charge in [-0.05, 0) is 37.0 Å². The van der Waals surface area contributed by atoms with Gasteiger partial charge < -0.3 is 19.0 Å². The Morgan fingerprint density at radius 2 is 1.86 bits per heavy atom. The summed E-state index contributed by atoms with van der Waals surface area (Å²) >= 11 is 0. The van der Waals surface area contributed by atoms with E-state index in [0.717, 1.165) is 10.1 Å². The summed E-state index contributed by atoms with van der Waals surface area (Å²) in [6, 6.07) is 9.48. The minimum Gasteiger partial charge on any atom is -0.481 e. The molecule has 0 radical (unpaired) electrons. The molecule has 0 unspecified atom stereocenters. The Kier molecular flexibility index (Phi) is 8.76. The molecule has 0 aliphatic carbocycles. The number of benzene rings is 1. The van der Waals surface area contributed by atoms with Gasteiger partial charge in [-0.2, -0.15) is 0 Å². The average molecular weight is 519 g/mol. The van der Waals surface area contributed by atoms with Crippen LogP contribution in [0.5, 0.6) is 0 Å². The van der Waals surface area contributed by atoms with Gasteiger partial charge in [0.25, 0.3) is 5.56 Å². The fourth-order valence-electron chi connectivity index (χ4n) is 3.99. The summed E-state index contributed by atoms with van der Waals surface area (Å²) in [5.74, 6) is -1.25. The second-order valence-electron chi connectivity index (χ2n) is 11.0. The van der Waals surface area contributed by atoms with Gasteiger partial charge in [0.1, 0.15) is 13.0 Å². The molecule has 1 aromatic carbocycles. The highest BCUT2D eigenvalue weighted by Gasteiger charge is 2.42. The van der Waals surface area contributed by atoms with E-state index in [-0.39, 0.29) is 37.3 Å². The number of carboxylic acid groups (broad SMARTS) is 1. The molecule has 1 fully saturated rings. The van der Waals surface area contributed by atoms with Crippen molar-refractivity contribution in [1.29, 1.82) is 0 Å². The molecule has 0 saturated carbocycles. The smallest absolute Gasteiger partial charge is 0.335 e. The number of hydrogen-bond acceptors (Lipinski definition) is 6. The Morgan fingerprint density at radius 1 is 1.19 bits per heavy atom. The van der Waals surface area contributed by atoms with E-state index in [1.807, 2.05) is 30.3 Å². The molecule has 0 spiro atoms. The van der Waals surface area contributed by atoms with Gasteiger partial charge >= 0.3 is 11.7 Å². The molecule has 1 aliphatic heterocycles. The molecular formula is C26H38N2O7Si. The fraction of sp³-hybridized carbons (Fsp3) is 0.577. The lowest BCUT2D eigenvalue weighted by atomic mass is 9.97. The van der Waals surface area contributed by atoms with Crippen molar-refractivity contribution < 1.29 is 23.8 Å². The van der Waals surface area contributed by atoms with Crippen molar-refractivity contribution in [2.24, 2.45) is 5.92 Å². The molecule has 0 bridgehead atoms. The van der Waals surface area contributed by atoms with Crippen LogP contribution in [0.15, 0.2) is 46.1 Å². The van der Waals surface area contributed by atoms with Crippen LogP contribution in [-0.4, -0.2) is 41.2 Å². The van der Waals surface area contributed by atoms with Gasteiger partial charge in [-0.1, -0.05) is 51.1 Å². The predicted octanol–water partition coefficient (Wildman–Crippen LogP) is 3.89. The number of aromatic nitrogens is 2. The van der Waals surface area contributed by atoms with E-state index < -0.39 is 37.9 Å². The minimum absolute atomic E-state index is 0.00337. The minimum atomic E-state index is -2.08. The van der Waals surface area contributed by atoms with Crippen molar-refractivity contribution in [3.63, 3.8) is 0 Å². The van der Waals surface area contributed by atoms with Crippen molar-refractivity contribution in [1.82, 2.24) is 9.13 Å². The van der Waals surface area contributed by atoms with Crippen LogP contribution in [0.1, 0.15) is 51.0 Å². The Hall–Kier alpha value is -2.53. The summed E-state index contributed by atoms with van der Waals surface area (Å²) < 4.78 is 20.6. The SMILES string of the molecule is Cc1cn([C@H]2C[C@H](CC(=O)O)[C@@H](CO[Si](C)(C)C(C)(C)C)O2)c(=O)n(COCc2ccccc2)c1=O. The van der Waals surface area contributed by atoms with Gasteiger partial charge in [0.05, 0.1) is 25.7 Å². The Bertz CT molecular complexity index is 1170. The normalized spacial score (nSPS) is 20.6. The van der Waals surface area contributed by atoms with Crippen LogP contribution in [0.3, 0.4) is 0 Å². The molecule has 198 valence electrons. The second-order valence-corrected chi connectivity index (χ2v) is 15.8. The van der Waals surface area contributed by atoms with Gasteiger partial charge in [0.15, 0.2) is 8.32 Å². The summed E-state index contributed by atoms with van der Waals surface area (Å²) in [6.07, 6.45) is 0.560. The van der Waals surface area contributed by atoms with Crippen LogP contribution in [-0.2, 0) is 32.0 Å². The maximum atomic E-state index is 13.3. The molecule has 1 saturated heterocycles. The van der Waals surface area contributed by atoms with Crippen LogP contribution < -0.4 is 11.2 Å². The molecule has 2 heterocycles. The maximum absolute atomic E-state index is 13.3. The summed E-state index contributed by atoms with van der Waals surface area (Å²) in [4.78, 5) is 37.5. The number of ether oxygens (including phenoxy) is 2. The molecule has 10 heteroatoms. The van der Waals surface area contributed by atoms with E-state index >= 15 is 0 Å². The Morgan fingerprint density at radius 3 is 2.47 bits per heavy atom. The maximum Gasteiger partial charge on any atom is 0.335 e. The molecule has 1 aliphatic rings. The highest BCUT2D eigenvalue weighted by Crippen LogP contribution is 2.39.